The number of anilines is 2. The van der Waals surface area contributed by atoms with E-state index in [0.717, 1.165) is 24.5 Å². The van der Waals surface area contributed by atoms with Crippen LogP contribution in [-0.4, -0.2) is 115 Å². The van der Waals surface area contributed by atoms with Gasteiger partial charge in [0.1, 0.15) is 10.8 Å². The quantitative estimate of drug-likeness (QED) is 0.194. The number of phenolic OH excluding ortho intramolecular Hbond substituents is 1. The summed E-state index contributed by atoms with van der Waals surface area (Å²) in [5.74, 6) is -0.962. The zero-order chi connectivity index (χ0) is 24.2. The monoisotopic (exact) mass is 569 g/mol. The number of aromatic hydroxyl groups is 1. The van der Waals surface area contributed by atoms with Gasteiger partial charge in [0.15, 0.2) is 5.82 Å². The predicted octanol–water partition coefficient (Wildman–Crippen LogP) is 1.18. The summed E-state index contributed by atoms with van der Waals surface area (Å²) in [6, 6.07) is 3.32. The molecule has 0 saturated carbocycles. The number of phenols is 1. The molecule has 3 rings (SSSR count). The van der Waals surface area contributed by atoms with Crippen LogP contribution in [0.1, 0.15) is 5.69 Å². The molecule has 1 aromatic heterocycles. The van der Waals surface area contributed by atoms with Crippen molar-refractivity contribution in [3.63, 3.8) is 0 Å². The topological polar surface area (TPSA) is 201 Å². The van der Waals surface area contributed by atoms with Gasteiger partial charge in [-0.05, 0) is 30.5 Å². The largest absolute Gasteiger partial charge is 0.507 e. The Labute approximate surface area is 244 Å². The smallest absolute Gasteiger partial charge is 0.294 e. The minimum atomic E-state index is -4.82. The van der Waals surface area contributed by atoms with E-state index in [2.05, 4.69) is 15.3 Å². The van der Waals surface area contributed by atoms with Gasteiger partial charge in [-0.25, -0.2) is 13.4 Å². The fourth-order valence-corrected chi connectivity index (χ4v) is 4.52. The number of benzene rings is 2. The second kappa shape index (κ2) is 10.8. The number of nitrogens with zero attached hydrogens (tertiary/aromatic N) is 2. The number of nitrogens with one attached hydrogen (secondary N) is 1. The van der Waals surface area contributed by atoms with Crippen molar-refractivity contribution in [2.45, 2.75) is 21.9 Å². The van der Waals surface area contributed by atoms with E-state index in [0.29, 0.717) is 6.07 Å². The second-order valence-corrected chi connectivity index (χ2v) is 11.7. The molecular formula is C16H14ClN3Na2O9S3. The maximum Gasteiger partial charge on any atom is 0.294 e. The SMILES string of the molecule is Cc1nc(S(C)(=O)=O)nc(Nc2cc(S(=O)(=O)O)cc3cc(S(=O)(=O)O)cc(O)c23)c1Cl.[Na].[Na]. The maximum absolute atomic E-state index is 11.9. The van der Waals surface area contributed by atoms with E-state index in [1.54, 1.807) is 0 Å². The van der Waals surface area contributed by atoms with Gasteiger partial charge >= 0.3 is 0 Å². The number of aryl methyl sites for hydroxylation is 1. The molecule has 1 heterocycles. The van der Waals surface area contributed by atoms with E-state index in [9.17, 15) is 39.5 Å². The van der Waals surface area contributed by atoms with Crippen molar-refractivity contribution in [1.82, 2.24) is 9.97 Å². The van der Waals surface area contributed by atoms with Crippen molar-refractivity contribution in [3.8, 4) is 5.75 Å². The molecule has 0 atom stereocenters. The van der Waals surface area contributed by atoms with E-state index in [1.165, 1.54) is 6.92 Å². The molecule has 4 N–H and O–H groups in total. The Morgan fingerprint density at radius 2 is 1.38 bits per heavy atom. The number of aromatic nitrogens is 2. The van der Waals surface area contributed by atoms with Crippen molar-refractivity contribution in [2.24, 2.45) is 0 Å². The fourth-order valence-electron chi connectivity index (χ4n) is 2.74. The Hall–Kier alpha value is -0.560. The Kier molecular flexibility index (Phi) is 10.0. The van der Waals surface area contributed by atoms with Crippen LogP contribution in [0.4, 0.5) is 11.5 Å². The number of hydrogen-bond donors (Lipinski definition) is 4. The molecule has 0 fully saturated rings. The Morgan fingerprint density at radius 1 is 0.882 bits per heavy atom. The van der Waals surface area contributed by atoms with Gasteiger partial charge in [-0.15, -0.1) is 0 Å². The number of hydrogen-bond acceptors (Lipinski definition) is 10. The van der Waals surface area contributed by atoms with E-state index in [-0.39, 0.29) is 92.1 Å². The van der Waals surface area contributed by atoms with E-state index in [4.69, 9.17) is 11.6 Å². The van der Waals surface area contributed by atoms with Crippen LogP contribution in [0.5, 0.6) is 5.75 Å². The van der Waals surface area contributed by atoms with Gasteiger partial charge in [0.05, 0.1) is 21.2 Å². The van der Waals surface area contributed by atoms with Crippen LogP contribution in [-0.2, 0) is 30.1 Å². The summed E-state index contributed by atoms with van der Waals surface area (Å²) in [5, 5.41) is 11.9. The normalized spacial score (nSPS) is 12.0. The van der Waals surface area contributed by atoms with Crippen LogP contribution >= 0.6 is 11.6 Å². The standard InChI is InChI=1S/C16H14ClN3O9S3.2Na/c1-7-14(17)15(20-16(18-7)30(2,22)23)19-11-5-9(31(24,25)26)3-8-4-10(32(27,28)29)6-12(21)13(8)11;;/h3-6,21H,1-2H3,(H,18,19,20)(H,24,25,26)(H,27,28,29);;. The average Bonchev–Trinajstić information content (AvgIpc) is 2.62. The molecule has 18 heteroatoms. The molecular weight excluding hydrogens is 556 g/mol. The summed E-state index contributed by atoms with van der Waals surface area (Å²) in [4.78, 5) is 6.14. The molecule has 0 saturated heterocycles. The molecule has 0 unspecified atom stereocenters. The van der Waals surface area contributed by atoms with Gasteiger partial charge < -0.3 is 10.4 Å². The van der Waals surface area contributed by atoms with E-state index in [1.807, 2.05) is 0 Å². The zero-order valence-corrected chi connectivity index (χ0v) is 25.3. The summed E-state index contributed by atoms with van der Waals surface area (Å²) in [6.45, 7) is 1.40. The molecule has 174 valence electrons. The Morgan fingerprint density at radius 3 is 1.85 bits per heavy atom. The summed E-state index contributed by atoms with van der Waals surface area (Å²) in [7, 11) is -13.4. The van der Waals surface area contributed by atoms with Crippen molar-refractivity contribution >= 4 is 123 Å². The number of sulfone groups is 1. The first-order valence-electron chi connectivity index (χ1n) is 8.25. The fraction of sp³-hybridized carbons (Fsp3) is 0.125. The summed E-state index contributed by atoms with van der Waals surface area (Å²) >= 11 is 6.15. The van der Waals surface area contributed by atoms with Crippen LogP contribution in [0.25, 0.3) is 10.8 Å². The van der Waals surface area contributed by atoms with Crippen LogP contribution in [0, 0.1) is 6.92 Å². The summed E-state index contributed by atoms with van der Waals surface area (Å²) in [5.41, 5.74) is -0.160. The van der Waals surface area contributed by atoms with Gasteiger partial charge in [-0.3, -0.25) is 9.11 Å². The van der Waals surface area contributed by atoms with Crippen LogP contribution in [0.15, 0.2) is 39.2 Å². The zero-order valence-electron chi connectivity index (χ0n) is 18.1. The van der Waals surface area contributed by atoms with Gasteiger partial charge in [0, 0.05) is 76.8 Å². The first kappa shape index (κ1) is 31.5. The third-order valence-corrected chi connectivity index (χ3v) is 7.11. The third kappa shape index (κ3) is 6.80. The molecule has 2 radical (unpaired) electrons. The van der Waals surface area contributed by atoms with Crippen molar-refractivity contribution in [3.05, 3.63) is 35.0 Å². The van der Waals surface area contributed by atoms with Gasteiger partial charge in [0.2, 0.25) is 15.0 Å². The molecule has 0 amide bonds. The van der Waals surface area contributed by atoms with E-state index < -0.39 is 50.8 Å². The Bertz CT molecular complexity index is 1610. The Balaban J connectivity index is 0.00000289. The number of rotatable bonds is 5. The molecule has 0 aliphatic rings. The molecule has 12 nitrogen and oxygen atoms in total. The molecule has 34 heavy (non-hydrogen) atoms. The molecule has 0 spiro atoms. The second-order valence-electron chi connectivity index (χ2n) is 6.61. The van der Waals surface area contributed by atoms with Crippen LogP contribution in [0.3, 0.4) is 0 Å². The molecule has 3 aromatic rings. The van der Waals surface area contributed by atoms with Crippen LogP contribution in [0.2, 0.25) is 5.02 Å². The van der Waals surface area contributed by atoms with Crippen molar-refractivity contribution < 1.29 is 39.5 Å². The molecule has 0 aliphatic heterocycles. The third-order valence-electron chi connectivity index (χ3n) is 4.15. The van der Waals surface area contributed by atoms with Gasteiger partial charge in [0.25, 0.3) is 20.2 Å². The number of halogens is 1. The van der Waals surface area contributed by atoms with E-state index >= 15 is 0 Å². The molecule has 0 bridgehead atoms. The molecule has 0 aliphatic carbocycles. The minimum absolute atomic E-state index is 0. The minimum Gasteiger partial charge on any atom is -0.507 e. The average molecular weight is 570 g/mol. The maximum atomic E-state index is 11.9. The van der Waals surface area contributed by atoms with Gasteiger partial charge in [-0.2, -0.15) is 21.8 Å². The predicted molar refractivity (Wildman–Crippen MR) is 125 cm³/mol. The van der Waals surface area contributed by atoms with Crippen LogP contribution < -0.4 is 5.32 Å². The van der Waals surface area contributed by atoms with Gasteiger partial charge in [-0.1, -0.05) is 11.6 Å². The van der Waals surface area contributed by atoms with Crippen molar-refractivity contribution in [1.29, 1.82) is 0 Å². The first-order chi connectivity index (χ1) is 14.5. The summed E-state index contributed by atoms with van der Waals surface area (Å²) < 4.78 is 88.8. The summed E-state index contributed by atoms with van der Waals surface area (Å²) in [6.07, 6.45) is 0.858. The molecule has 2 aromatic carbocycles. The van der Waals surface area contributed by atoms with Crippen molar-refractivity contribution in [2.75, 3.05) is 11.6 Å². The first-order valence-corrected chi connectivity index (χ1v) is 13.4. The number of fused-ring (bicyclic) bond motifs is 1.